The monoisotopic (exact) mass is 465 g/mol. The largest absolute Gasteiger partial charge is 0.493 e. The second-order valence-corrected chi connectivity index (χ2v) is 7.24. The normalized spacial score (nSPS) is 10.6. The third-order valence-electron chi connectivity index (χ3n) is 4.14. The Morgan fingerprint density at radius 3 is 2.50 bits per heavy atom. The number of amides is 1. The predicted octanol–water partition coefficient (Wildman–Crippen LogP) is 5.37. The van der Waals surface area contributed by atoms with Crippen LogP contribution in [0.2, 0.25) is 0 Å². The van der Waals surface area contributed by atoms with Crippen LogP contribution in [0.4, 0.5) is 5.69 Å². The molecule has 0 spiro atoms. The molecule has 3 rings (SSSR count). The number of methoxy groups -OCH3 is 1. The number of nitrogens with one attached hydrogen (secondary N) is 1. The number of ether oxygens (including phenoxy) is 2. The van der Waals surface area contributed by atoms with Crippen molar-refractivity contribution in [3.63, 3.8) is 0 Å². The van der Waals surface area contributed by atoms with E-state index >= 15 is 0 Å². The number of hydrogen-bond donors (Lipinski definition) is 1. The number of halogens is 1. The summed E-state index contributed by atoms with van der Waals surface area (Å²) in [5, 5.41) is 2.76. The van der Waals surface area contributed by atoms with Gasteiger partial charge in [0.25, 0.3) is 5.91 Å². The van der Waals surface area contributed by atoms with Crippen LogP contribution in [0.25, 0.3) is 6.08 Å². The van der Waals surface area contributed by atoms with Gasteiger partial charge in [0.2, 0.25) is 0 Å². The Bertz CT molecular complexity index is 1060. The Hall–Kier alpha value is -3.38. The lowest BCUT2D eigenvalue weighted by Gasteiger charge is -2.11. The third-order valence-corrected chi connectivity index (χ3v) is 4.63. The van der Waals surface area contributed by atoms with Gasteiger partial charge in [0.1, 0.15) is 0 Å². The standard InChI is InChI=1S/C24H20BrNO4/c1-29-23-14-17(10-12-21(27)18-6-5-7-19(25)15-18)11-13-22(23)30-16-24(28)26-20-8-3-2-4-9-20/h2-15H,16H2,1H3,(H,26,28)/b12-10+. The first-order valence-electron chi connectivity index (χ1n) is 9.19. The van der Waals surface area contributed by atoms with Gasteiger partial charge in [-0.05, 0) is 48.0 Å². The van der Waals surface area contributed by atoms with Gasteiger partial charge in [-0.3, -0.25) is 9.59 Å². The first-order chi connectivity index (χ1) is 14.5. The van der Waals surface area contributed by atoms with E-state index in [-0.39, 0.29) is 18.3 Å². The molecule has 152 valence electrons. The molecular weight excluding hydrogens is 446 g/mol. The predicted molar refractivity (Wildman–Crippen MR) is 121 cm³/mol. The van der Waals surface area contributed by atoms with Gasteiger partial charge in [0, 0.05) is 15.7 Å². The first kappa shape index (κ1) is 21.3. The van der Waals surface area contributed by atoms with Crippen molar-refractivity contribution >= 4 is 39.4 Å². The van der Waals surface area contributed by atoms with E-state index in [1.54, 1.807) is 48.5 Å². The Morgan fingerprint density at radius 2 is 1.77 bits per heavy atom. The van der Waals surface area contributed by atoms with Crippen molar-refractivity contribution in [3.8, 4) is 11.5 Å². The molecule has 30 heavy (non-hydrogen) atoms. The summed E-state index contributed by atoms with van der Waals surface area (Å²) in [6.45, 7) is -0.151. The zero-order valence-corrected chi connectivity index (χ0v) is 17.9. The molecule has 0 radical (unpaired) electrons. The molecular formula is C24H20BrNO4. The summed E-state index contributed by atoms with van der Waals surface area (Å²) in [5.41, 5.74) is 2.07. The van der Waals surface area contributed by atoms with Gasteiger partial charge in [-0.1, -0.05) is 58.4 Å². The molecule has 0 saturated carbocycles. The highest BCUT2D eigenvalue weighted by atomic mass is 79.9. The number of carbonyl (C=O) groups excluding carboxylic acids is 2. The number of benzene rings is 3. The Morgan fingerprint density at radius 1 is 0.967 bits per heavy atom. The van der Waals surface area contributed by atoms with Gasteiger partial charge in [0.05, 0.1) is 7.11 Å². The van der Waals surface area contributed by atoms with Crippen molar-refractivity contribution in [1.29, 1.82) is 0 Å². The second kappa shape index (κ2) is 10.4. The number of hydrogen-bond acceptors (Lipinski definition) is 4. The minimum Gasteiger partial charge on any atom is -0.493 e. The molecule has 0 aliphatic carbocycles. The SMILES string of the molecule is COc1cc(/C=C/C(=O)c2cccc(Br)c2)ccc1OCC(=O)Nc1ccccc1. The van der Waals surface area contributed by atoms with E-state index in [1.807, 2.05) is 30.3 Å². The van der Waals surface area contributed by atoms with E-state index in [0.29, 0.717) is 22.7 Å². The van der Waals surface area contributed by atoms with E-state index in [9.17, 15) is 9.59 Å². The lowest BCUT2D eigenvalue weighted by Crippen LogP contribution is -2.20. The molecule has 6 heteroatoms. The van der Waals surface area contributed by atoms with Crippen molar-refractivity contribution in [2.24, 2.45) is 0 Å². The minimum atomic E-state index is -0.271. The summed E-state index contributed by atoms with van der Waals surface area (Å²) in [6, 6.07) is 21.6. The maximum atomic E-state index is 12.3. The summed E-state index contributed by atoms with van der Waals surface area (Å²) in [7, 11) is 1.52. The van der Waals surface area contributed by atoms with Crippen LogP contribution in [-0.2, 0) is 4.79 Å². The van der Waals surface area contributed by atoms with E-state index in [0.717, 1.165) is 10.0 Å². The quantitative estimate of drug-likeness (QED) is 0.358. The number of para-hydroxylation sites is 1. The number of ketones is 1. The highest BCUT2D eigenvalue weighted by Gasteiger charge is 2.09. The van der Waals surface area contributed by atoms with Gasteiger partial charge in [0.15, 0.2) is 23.9 Å². The summed E-state index contributed by atoms with van der Waals surface area (Å²) < 4.78 is 11.8. The fraction of sp³-hybridized carbons (Fsp3) is 0.0833. The van der Waals surface area contributed by atoms with Crippen LogP contribution in [0.1, 0.15) is 15.9 Å². The minimum absolute atomic E-state index is 0.104. The van der Waals surface area contributed by atoms with E-state index < -0.39 is 0 Å². The van der Waals surface area contributed by atoms with Gasteiger partial charge in [-0.25, -0.2) is 0 Å². The number of allylic oxidation sites excluding steroid dienone is 1. The molecule has 0 aliphatic heterocycles. The molecule has 0 unspecified atom stereocenters. The van der Waals surface area contributed by atoms with Gasteiger partial charge in [-0.15, -0.1) is 0 Å². The van der Waals surface area contributed by atoms with Crippen molar-refractivity contribution in [2.75, 3.05) is 19.0 Å². The number of anilines is 1. The summed E-state index contributed by atoms with van der Waals surface area (Å²) in [5.74, 6) is 0.538. The van der Waals surface area contributed by atoms with Crippen molar-refractivity contribution in [2.45, 2.75) is 0 Å². The molecule has 5 nitrogen and oxygen atoms in total. The van der Waals surface area contributed by atoms with Crippen LogP contribution >= 0.6 is 15.9 Å². The maximum absolute atomic E-state index is 12.3. The topological polar surface area (TPSA) is 64.6 Å². The Kier molecular flexibility index (Phi) is 7.40. The van der Waals surface area contributed by atoms with Crippen LogP contribution in [0, 0.1) is 0 Å². The molecule has 0 bridgehead atoms. The Labute approximate surface area is 183 Å². The van der Waals surface area contributed by atoms with Gasteiger partial charge in [-0.2, -0.15) is 0 Å². The fourth-order valence-electron chi connectivity index (χ4n) is 2.68. The summed E-state index contributed by atoms with van der Waals surface area (Å²) in [4.78, 5) is 24.4. The van der Waals surface area contributed by atoms with Crippen LogP contribution < -0.4 is 14.8 Å². The molecule has 0 fully saturated rings. The van der Waals surface area contributed by atoms with Crippen molar-refractivity contribution < 1.29 is 19.1 Å². The smallest absolute Gasteiger partial charge is 0.262 e. The molecule has 1 amide bonds. The zero-order valence-electron chi connectivity index (χ0n) is 16.3. The van der Waals surface area contributed by atoms with E-state index in [2.05, 4.69) is 21.2 Å². The average Bonchev–Trinajstić information content (AvgIpc) is 2.77. The van der Waals surface area contributed by atoms with Gasteiger partial charge >= 0.3 is 0 Å². The molecule has 0 saturated heterocycles. The summed E-state index contributed by atoms with van der Waals surface area (Å²) in [6.07, 6.45) is 3.21. The maximum Gasteiger partial charge on any atom is 0.262 e. The molecule has 3 aromatic carbocycles. The third kappa shape index (κ3) is 6.06. The van der Waals surface area contributed by atoms with E-state index in [1.165, 1.54) is 13.2 Å². The van der Waals surface area contributed by atoms with E-state index in [4.69, 9.17) is 9.47 Å². The number of carbonyl (C=O) groups is 2. The van der Waals surface area contributed by atoms with Crippen molar-refractivity contribution in [1.82, 2.24) is 0 Å². The molecule has 3 aromatic rings. The van der Waals surface area contributed by atoms with Crippen LogP contribution in [0.3, 0.4) is 0 Å². The average molecular weight is 466 g/mol. The Balaban J connectivity index is 1.63. The summed E-state index contributed by atoms with van der Waals surface area (Å²) >= 11 is 3.36. The molecule has 0 heterocycles. The molecule has 0 aromatic heterocycles. The molecule has 0 atom stereocenters. The second-order valence-electron chi connectivity index (χ2n) is 6.32. The van der Waals surface area contributed by atoms with Crippen LogP contribution in [0.15, 0.2) is 83.3 Å². The molecule has 0 aliphatic rings. The highest BCUT2D eigenvalue weighted by Crippen LogP contribution is 2.28. The fourth-order valence-corrected chi connectivity index (χ4v) is 3.08. The van der Waals surface area contributed by atoms with Crippen LogP contribution in [0.5, 0.6) is 11.5 Å². The van der Waals surface area contributed by atoms with Crippen LogP contribution in [-0.4, -0.2) is 25.4 Å². The number of rotatable bonds is 8. The lowest BCUT2D eigenvalue weighted by atomic mass is 10.1. The first-order valence-corrected chi connectivity index (χ1v) is 9.98. The molecule has 1 N–H and O–H groups in total. The highest BCUT2D eigenvalue weighted by molar-refractivity contribution is 9.10. The zero-order chi connectivity index (χ0) is 21.3. The van der Waals surface area contributed by atoms with Crippen molar-refractivity contribution in [3.05, 3.63) is 94.5 Å². The lowest BCUT2D eigenvalue weighted by molar-refractivity contribution is -0.118. The van der Waals surface area contributed by atoms with Gasteiger partial charge < -0.3 is 14.8 Å².